The van der Waals surface area contributed by atoms with Gasteiger partial charge in [0.05, 0.1) is 18.0 Å². The monoisotopic (exact) mass is 327 g/mol. The van der Waals surface area contributed by atoms with Crippen LogP contribution in [0.25, 0.3) is 0 Å². The van der Waals surface area contributed by atoms with E-state index in [1.165, 1.54) is 4.90 Å². The second kappa shape index (κ2) is 5.99. The first-order valence-electron chi connectivity index (χ1n) is 7.74. The zero-order chi connectivity index (χ0) is 17.4. The van der Waals surface area contributed by atoms with Crippen LogP contribution in [0.3, 0.4) is 0 Å². The van der Waals surface area contributed by atoms with Crippen molar-refractivity contribution in [2.75, 3.05) is 26.7 Å². The number of nitrogens with zero attached hydrogens (tertiary/aromatic N) is 2. The smallest absolute Gasteiger partial charge is 0.410 e. The van der Waals surface area contributed by atoms with E-state index in [1.54, 1.807) is 32.7 Å². The average molecular weight is 327 g/mol. The summed E-state index contributed by atoms with van der Waals surface area (Å²) in [5.74, 6) is -0.995. The summed E-state index contributed by atoms with van der Waals surface area (Å²) in [6, 6.07) is -0.389. The van der Waals surface area contributed by atoms with Crippen molar-refractivity contribution in [1.29, 1.82) is 0 Å². The van der Waals surface area contributed by atoms with Gasteiger partial charge in [-0.3, -0.25) is 14.9 Å². The van der Waals surface area contributed by atoms with Crippen molar-refractivity contribution in [2.45, 2.75) is 50.8 Å². The summed E-state index contributed by atoms with van der Waals surface area (Å²) >= 11 is 0. The van der Waals surface area contributed by atoms with Crippen LogP contribution in [0, 0.1) is 0 Å². The third kappa shape index (κ3) is 4.13. The van der Waals surface area contributed by atoms with Crippen LogP contribution in [0.4, 0.5) is 4.79 Å². The zero-order valence-electron chi connectivity index (χ0n) is 14.1. The van der Waals surface area contributed by atoms with Gasteiger partial charge in [0.2, 0.25) is 5.91 Å². The standard InChI is InChI=1S/C15H25N3O5/c1-14(2,3)23-13(22)18-8-15(9-18,7-11(19)20)16-10-5-6-17(4)12(10)21/h10,16H,5-9H2,1-4H3,(H,19,20). The molecule has 1 atom stereocenters. The predicted molar refractivity (Wildman–Crippen MR) is 82.0 cm³/mol. The minimum atomic E-state index is -0.958. The molecule has 130 valence electrons. The Hall–Kier alpha value is -1.83. The fourth-order valence-corrected chi connectivity index (χ4v) is 3.01. The molecule has 23 heavy (non-hydrogen) atoms. The maximum Gasteiger partial charge on any atom is 0.410 e. The van der Waals surface area contributed by atoms with Gasteiger partial charge in [-0.05, 0) is 27.2 Å². The molecule has 2 fully saturated rings. The van der Waals surface area contributed by atoms with Crippen molar-refractivity contribution in [3.8, 4) is 0 Å². The molecule has 2 amide bonds. The number of hydrogen-bond acceptors (Lipinski definition) is 5. The third-order valence-electron chi connectivity index (χ3n) is 4.04. The van der Waals surface area contributed by atoms with Gasteiger partial charge in [0.25, 0.3) is 0 Å². The molecule has 2 rings (SSSR count). The van der Waals surface area contributed by atoms with Crippen molar-refractivity contribution >= 4 is 18.0 Å². The quantitative estimate of drug-likeness (QED) is 0.769. The Morgan fingerprint density at radius 3 is 2.43 bits per heavy atom. The Morgan fingerprint density at radius 1 is 1.39 bits per heavy atom. The van der Waals surface area contributed by atoms with E-state index in [4.69, 9.17) is 9.84 Å². The summed E-state index contributed by atoms with van der Waals surface area (Å²) in [4.78, 5) is 38.3. The average Bonchev–Trinajstić information content (AvgIpc) is 2.64. The first kappa shape index (κ1) is 17.5. The molecule has 2 saturated heterocycles. The molecule has 2 aliphatic heterocycles. The summed E-state index contributed by atoms with van der Waals surface area (Å²) in [5, 5.41) is 12.3. The number of aliphatic carboxylic acids is 1. The maximum atomic E-state index is 12.0. The lowest BCUT2D eigenvalue weighted by Crippen LogP contribution is -2.73. The molecule has 2 N–H and O–H groups in total. The van der Waals surface area contributed by atoms with E-state index >= 15 is 0 Å². The molecule has 0 radical (unpaired) electrons. The summed E-state index contributed by atoms with van der Waals surface area (Å²) in [7, 11) is 1.72. The molecule has 0 aromatic rings. The second-order valence-corrected chi connectivity index (χ2v) is 7.43. The highest BCUT2D eigenvalue weighted by molar-refractivity contribution is 5.84. The van der Waals surface area contributed by atoms with Crippen molar-refractivity contribution < 1.29 is 24.2 Å². The van der Waals surface area contributed by atoms with Crippen molar-refractivity contribution in [3.63, 3.8) is 0 Å². The van der Waals surface area contributed by atoms with E-state index in [9.17, 15) is 14.4 Å². The lowest BCUT2D eigenvalue weighted by molar-refractivity contribution is -0.142. The van der Waals surface area contributed by atoms with Gasteiger partial charge >= 0.3 is 12.1 Å². The summed E-state index contributed by atoms with van der Waals surface area (Å²) in [6.07, 6.45) is 0.0401. The Balaban J connectivity index is 1.99. The summed E-state index contributed by atoms with van der Waals surface area (Å²) in [6.45, 7) is 6.43. The molecule has 0 saturated carbocycles. The molecule has 0 aromatic carbocycles. The van der Waals surface area contributed by atoms with Crippen molar-refractivity contribution in [3.05, 3.63) is 0 Å². The fourth-order valence-electron chi connectivity index (χ4n) is 3.01. The van der Waals surface area contributed by atoms with E-state index in [1.807, 2.05) is 0 Å². The molecule has 8 heteroatoms. The lowest BCUT2D eigenvalue weighted by Gasteiger charge is -2.50. The number of carboxylic acids is 1. The Labute approximate surface area is 135 Å². The number of hydrogen-bond donors (Lipinski definition) is 2. The largest absolute Gasteiger partial charge is 0.481 e. The highest BCUT2D eigenvalue weighted by Crippen LogP contribution is 2.28. The van der Waals surface area contributed by atoms with Crippen LogP contribution in [-0.2, 0) is 14.3 Å². The van der Waals surface area contributed by atoms with Crippen LogP contribution in [0.1, 0.15) is 33.6 Å². The van der Waals surface area contributed by atoms with Crippen molar-refractivity contribution in [1.82, 2.24) is 15.1 Å². The number of likely N-dealkylation sites (N-methyl/N-ethyl adjacent to an activating group) is 1. The van der Waals surface area contributed by atoms with E-state index < -0.39 is 23.2 Å². The van der Waals surface area contributed by atoms with Crippen LogP contribution >= 0.6 is 0 Å². The van der Waals surface area contributed by atoms with Gasteiger partial charge in [-0.2, -0.15) is 0 Å². The molecule has 0 aromatic heterocycles. The first-order chi connectivity index (χ1) is 10.5. The van der Waals surface area contributed by atoms with E-state index in [-0.39, 0.29) is 31.5 Å². The number of likely N-dealkylation sites (tertiary alicyclic amines) is 2. The number of rotatable bonds is 4. The van der Waals surface area contributed by atoms with E-state index in [0.29, 0.717) is 13.0 Å². The molecular formula is C15H25N3O5. The molecule has 2 heterocycles. The number of carbonyl (C=O) groups is 3. The van der Waals surface area contributed by atoms with E-state index in [0.717, 1.165) is 0 Å². The van der Waals surface area contributed by atoms with E-state index in [2.05, 4.69) is 5.32 Å². The molecule has 8 nitrogen and oxygen atoms in total. The zero-order valence-corrected chi connectivity index (χ0v) is 14.1. The Bertz CT molecular complexity index is 508. The van der Waals surface area contributed by atoms with Crippen LogP contribution in [0.15, 0.2) is 0 Å². The van der Waals surface area contributed by atoms with Gasteiger partial charge in [-0.1, -0.05) is 0 Å². The number of amides is 2. The Morgan fingerprint density at radius 2 is 2.00 bits per heavy atom. The summed E-state index contributed by atoms with van der Waals surface area (Å²) < 4.78 is 5.28. The SMILES string of the molecule is CN1CCC(NC2(CC(=O)O)CN(C(=O)OC(C)(C)C)C2)C1=O. The van der Waals surface area contributed by atoms with Gasteiger partial charge in [-0.15, -0.1) is 0 Å². The highest BCUT2D eigenvalue weighted by Gasteiger charge is 2.50. The molecule has 1 unspecified atom stereocenters. The van der Waals surface area contributed by atoms with Gasteiger partial charge in [-0.25, -0.2) is 4.79 Å². The van der Waals surface area contributed by atoms with Crippen LogP contribution in [-0.4, -0.2) is 76.7 Å². The third-order valence-corrected chi connectivity index (χ3v) is 4.04. The topological polar surface area (TPSA) is 99.2 Å². The van der Waals surface area contributed by atoms with Crippen molar-refractivity contribution in [2.24, 2.45) is 0 Å². The number of ether oxygens (including phenoxy) is 1. The van der Waals surface area contributed by atoms with Gasteiger partial charge < -0.3 is 19.6 Å². The van der Waals surface area contributed by atoms with Crippen LogP contribution in [0.5, 0.6) is 0 Å². The normalized spacial score (nSPS) is 23.7. The molecule has 0 aliphatic carbocycles. The minimum absolute atomic E-state index is 0.0366. The molecule has 0 spiro atoms. The van der Waals surface area contributed by atoms with Crippen LogP contribution < -0.4 is 5.32 Å². The van der Waals surface area contributed by atoms with Gasteiger partial charge in [0.1, 0.15) is 5.60 Å². The molecule has 0 bridgehead atoms. The Kier molecular flexibility index (Phi) is 4.57. The lowest BCUT2D eigenvalue weighted by atomic mass is 9.85. The molecule has 2 aliphatic rings. The van der Waals surface area contributed by atoms with Gasteiger partial charge in [0, 0.05) is 26.7 Å². The number of carbonyl (C=O) groups excluding carboxylic acids is 2. The first-order valence-corrected chi connectivity index (χ1v) is 7.74. The number of carboxylic acid groups (broad SMARTS) is 1. The maximum absolute atomic E-state index is 12.0. The van der Waals surface area contributed by atoms with Crippen LogP contribution in [0.2, 0.25) is 0 Å². The minimum Gasteiger partial charge on any atom is -0.481 e. The molecular weight excluding hydrogens is 302 g/mol. The summed E-state index contributed by atoms with van der Waals surface area (Å²) in [5.41, 5.74) is -1.37. The highest BCUT2D eigenvalue weighted by atomic mass is 16.6. The predicted octanol–water partition coefficient (Wildman–Crippen LogP) is 0.271. The van der Waals surface area contributed by atoms with Gasteiger partial charge in [0.15, 0.2) is 0 Å². The fraction of sp³-hybridized carbons (Fsp3) is 0.800. The number of nitrogens with one attached hydrogen (secondary N) is 1. The second-order valence-electron chi connectivity index (χ2n) is 7.43.